The van der Waals surface area contributed by atoms with Crippen molar-refractivity contribution in [2.45, 2.75) is 6.92 Å². The summed E-state index contributed by atoms with van der Waals surface area (Å²) in [5, 5.41) is 4.24. The smallest absolute Gasteiger partial charge is 0.151 e. The van der Waals surface area contributed by atoms with E-state index in [0.717, 1.165) is 33.1 Å². The molecule has 2 heteroatoms. The molecule has 0 N–H and O–H groups in total. The molecule has 0 bridgehead atoms. The maximum absolute atomic E-state index is 11.4. The van der Waals surface area contributed by atoms with Gasteiger partial charge in [0.1, 0.15) is 0 Å². The van der Waals surface area contributed by atoms with E-state index in [4.69, 9.17) is 0 Å². The first-order valence-corrected chi connectivity index (χ1v) is 6.70. The van der Waals surface area contributed by atoms with Gasteiger partial charge in [-0.1, -0.05) is 36.4 Å². The molecule has 1 nitrogen and oxygen atoms in total. The minimum atomic E-state index is 0.787. The van der Waals surface area contributed by atoms with Crippen LogP contribution in [-0.2, 0) is 0 Å². The Morgan fingerprint density at radius 3 is 2.67 bits per heavy atom. The molecule has 0 radical (unpaired) electrons. The maximum atomic E-state index is 11.4. The Morgan fingerprint density at radius 2 is 1.94 bits per heavy atom. The van der Waals surface area contributed by atoms with Crippen LogP contribution < -0.4 is 0 Å². The van der Waals surface area contributed by atoms with Gasteiger partial charge >= 0.3 is 0 Å². The lowest BCUT2D eigenvalue weighted by atomic mass is 9.99. The summed E-state index contributed by atoms with van der Waals surface area (Å²) in [6.07, 6.45) is 0.965. The number of hydrogen-bond donors (Lipinski definition) is 0. The topological polar surface area (TPSA) is 17.1 Å². The van der Waals surface area contributed by atoms with Gasteiger partial charge in [-0.15, -0.1) is 11.3 Å². The van der Waals surface area contributed by atoms with Gasteiger partial charge in [-0.25, -0.2) is 0 Å². The van der Waals surface area contributed by atoms with Crippen molar-refractivity contribution >= 4 is 28.4 Å². The molecular formula is C16H12OS. The molecule has 0 saturated heterocycles. The molecule has 1 heterocycles. The van der Waals surface area contributed by atoms with Gasteiger partial charge in [0.2, 0.25) is 0 Å². The van der Waals surface area contributed by atoms with E-state index >= 15 is 0 Å². The fraction of sp³-hybridized carbons (Fsp3) is 0.0625. The quantitative estimate of drug-likeness (QED) is 0.605. The Morgan fingerprint density at radius 1 is 1.11 bits per heavy atom. The highest BCUT2D eigenvalue weighted by atomic mass is 32.1. The van der Waals surface area contributed by atoms with Crippen molar-refractivity contribution in [2.75, 3.05) is 0 Å². The number of hydrogen-bond acceptors (Lipinski definition) is 2. The lowest BCUT2D eigenvalue weighted by Crippen LogP contribution is -1.88. The van der Waals surface area contributed by atoms with Crippen LogP contribution in [0.5, 0.6) is 0 Å². The SMILES string of the molecule is Cc1csc(-c2ccc3ccccc3c2C=O)c1. The molecule has 3 aromatic rings. The summed E-state index contributed by atoms with van der Waals surface area (Å²) in [5.74, 6) is 0. The molecule has 2 aromatic carbocycles. The third-order valence-electron chi connectivity index (χ3n) is 3.08. The van der Waals surface area contributed by atoms with Gasteiger partial charge in [0.05, 0.1) is 0 Å². The second kappa shape index (κ2) is 4.39. The van der Waals surface area contributed by atoms with Crippen molar-refractivity contribution in [1.29, 1.82) is 0 Å². The summed E-state index contributed by atoms with van der Waals surface area (Å²) < 4.78 is 0. The first kappa shape index (κ1) is 11.2. The van der Waals surface area contributed by atoms with Gasteiger partial charge in [0.25, 0.3) is 0 Å². The van der Waals surface area contributed by atoms with E-state index < -0.39 is 0 Å². The van der Waals surface area contributed by atoms with E-state index in [9.17, 15) is 4.79 Å². The summed E-state index contributed by atoms with van der Waals surface area (Å²) in [6, 6.07) is 14.2. The molecule has 0 saturated carbocycles. The third kappa shape index (κ3) is 1.75. The van der Waals surface area contributed by atoms with Crippen LogP contribution >= 0.6 is 11.3 Å². The minimum Gasteiger partial charge on any atom is -0.298 e. The molecule has 88 valence electrons. The first-order valence-electron chi connectivity index (χ1n) is 5.82. The summed E-state index contributed by atoms with van der Waals surface area (Å²) in [4.78, 5) is 12.6. The van der Waals surface area contributed by atoms with Crippen LogP contribution in [0.1, 0.15) is 15.9 Å². The largest absolute Gasteiger partial charge is 0.298 e. The predicted octanol–water partition coefficient (Wildman–Crippen LogP) is 4.69. The van der Waals surface area contributed by atoms with Gasteiger partial charge in [-0.3, -0.25) is 4.79 Å². The lowest BCUT2D eigenvalue weighted by molar-refractivity contribution is 0.112. The monoisotopic (exact) mass is 252 g/mol. The molecular weight excluding hydrogens is 240 g/mol. The Bertz CT molecular complexity index is 725. The van der Waals surface area contributed by atoms with Crippen LogP contribution in [-0.4, -0.2) is 6.29 Å². The van der Waals surface area contributed by atoms with Crippen LogP contribution in [0.3, 0.4) is 0 Å². The summed E-state index contributed by atoms with van der Waals surface area (Å²) in [7, 11) is 0. The van der Waals surface area contributed by atoms with Gasteiger partial charge in [0.15, 0.2) is 6.29 Å². The fourth-order valence-corrected chi connectivity index (χ4v) is 3.15. The Hall–Kier alpha value is -1.93. The molecule has 0 unspecified atom stereocenters. The minimum absolute atomic E-state index is 0.787. The summed E-state index contributed by atoms with van der Waals surface area (Å²) in [5.41, 5.74) is 3.05. The zero-order valence-corrected chi connectivity index (χ0v) is 10.8. The Balaban J connectivity index is 2.33. The van der Waals surface area contributed by atoms with Crippen molar-refractivity contribution in [3.63, 3.8) is 0 Å². The molecule has 18 heavy (non-hydrogen) atoms. The highest BCUT2D eigenvalue weighted by molar-refractivity contribution is 7.13. The third-order valence-corrected chi connectivity index (χ3v) is 4.17. The molecule has 0 aliphatic rings. The molecule has 0 aliphatic carbocycles. The average molecular weight is 252 g/mol. The summed E-state index contributed by atoms with van der Waals surface area (Å²) >= 11 is 1.68. The highest BCUT2D eigenvalue weighted by Gasteiger charge is 2.09. The van der Waals surface area contributed by atoms with E-state index in [1.165, 1.54) is 5.56 Å². The molecule has 0 aliphatic heterocycles. The maximum Gasteiger partial charge on any atom is 0.151 e. The highest BCUT2D eigenvalue weighted by Crippen LogP contribution is 2.33. The molecule has 0 amide bonds. The second-order valence-electron chi connectivity index (χ2n) is 4.35. The van der Waals surface area contributed by atoms with Crippen molar-refractivity contribution in [3.8, 4) is 10.4 Å². The molecule has 0 spiro atoms. The van der Waals surface area contributed by atoms with E-state index in [2.05, 4.69) is 24.4 Å². The molecule has 3 rings (SSSR count). The van der Waals surface area contributed by atoms with Gasteiger partial charge in [-0.05, 0) is 34.7 Å². The number of aldehydes is 1. The predicted molar refractivity (Wildman–Crippen MR) is 77.4 cm³/mol. The van der Waals surface area contributed by atoms with Crippen LogP contribution in [0, 0.1) is 6.92 Å². The number of benzene rings is 2. The number of carbonyl (C=O) groups is 1. The number of rotatable bonds is 2. The number of aryl methyl sites for hydroxylation is 1. The Kier molecular flexibility index (Phi) is 2.73. The van der Waals surface area contributed by atoms with Gasteiger partial charge in [0, 0.05) is 16.0 Å². The standard InChI is InChI=1S/C16H12OS/c1-11-8-16(18-10-11)14-7-6-12-4-2-3-5-13(12)15(14)9-17/h2-10H,1H3. The zero-order valence-electron chi connectivity index (χ0n) is 10.0. The summed E-state index contributed by atoms with van der Waals surface area (Å²) in [6.45, 7) is 2.07. The molecule has 0 fully saturated rings. The zero-order chi connectivity index (χ0) is 12.5. The van der Waals surface area contributed by atoms with E-state index in [1.807, 2.05) is 30.3 Å². The first-order chi connectivity index (χ1) is 8.79. The number of thiophene rings is 1. The van der Waals surface area contributed by atoms with E-state index in [0.29, 0.717) is 0 Å². The lowest BCUT2D eigenvalue weighted by Gasteiger charge is -2.06. The normalized spacial score (nSPS) is 10.7. The van der Waals surface area contributed by atoms with Crippen LogP contribution in [0.25, 0.3) is 21.2 Å². The fourth-order valence-electron chi connectivity index (χ4n) is 2.21. The molecule has 0 atom stereocenters. The van der Waals surface area contributed by atoms with Crippen molar-refractivity contribution < 1.29 is 4.79 Å². The van der Waals surface area contributed by atoms with Crippen LogP contribution in [0.15, 0.2) is 47.8 Å². The van der Waals surface area contributed by atoms with Gasteiger partial charge < -0.3 is 0 Å². The second-order valence-corrected chi connectivity index (χ2v) is 5.27. The van der Waals surface area contributed by atoms with Crippen LogP contribution in [0.4, 0.5) is 0 Å². The average Bonchev–Trinajstić information content (AvgIpc) is 2.84. The molecule has 1 aromatic heterocycles. The van der Waals surface area contributed by atoms with Crippen molar-refractivity contribution in [1.82, 2.24) is 0 Å². The van der Waals surface area contributed by atoms with Crippen molar-refractivity contribution in [2.24, 2.45) is 0 Å². The van der Waals surface area contributed by atoms with Gasteiger partial charge in [-0.2, -0.15) is 0 Å². The number of fused-ring (bicyclic) bond motifs is 1. The van der Waals surface area contributed by atoms with Crippen molar-refractivity contribution in [3.05, 3.63) is 59.0 Å². The van der Waals surface area contributed by atoms with E-state index in [-0.39, 0.29) is 0 Å². The number of carbonyl (C=O) groups excluding carboxylic acids is 1. The Labute approximate surface area is 110 Å². The van der Waals surface area contributed by atoms with E-state index in [1.54, 1.807) is 11.3 Å². The van der Waals surface area contributed by atoms with Crippen LogP contribution in [0.2, 0.25) is 0 Å².